The van der Waals surface area contributed by atoms with Gasteiger partial charge in [-0.2, -0.15) is 0 Å². The third-order valence-electron chi connectivity index (χ3n) is 6.57. The smallest absolute Gasteiger partial charge is 0.264 e. The predicted octanol–water partition coefficient (Wildman–Crippen LogP) is 5.16. The van der Waals surface area contributed by atoms with Crippen molar-refractivity contribution in [2.75, 3.05) is 23.7 Å². The zero-order valence-electron chi connectivity index (χ0n) is 23.2. The Morgan fingerprint density at radius 2 is 1.59 bits per heavy atom. The van der Waals surface area contributed by atoms with Crippen LogP contribution in [0.4, 0.5) is 5.69 Å². The van der Waals surface area contributed by atoms with E-state index in [1.54, 1.807) is 43.3 Å². The molecule has 0 radical (unpaired) electrons. The fraction of sp³-hybridized carbons (Fsp3) is 0.333. The van der Waals surface area contributed by atoms with Gasteiger partial charge in [-0.15, -0.1) is 11.8 Å². The Balaban J connectivity index is 2.02. The van der Waals surface area contributed by atoms with Gasteiger partial charge in [0.25, 0.3) is 10.0 Å². The average molecular weight is 568 g/mol. The van der Waals surface area contributed by atoms with E-state index in [-0.39, 0.29) is 17.3 Å². The Labute approximate surface area is 236 Å². The highest BCUT2D eigenvalue weighted by Crippen LogP contribution is 2.26. The molecule has 0 fully saturated rings. The molecule has 0 saturated carbocycles. The van der Waals surface area contributed by atoms with Gasteiger partial charge >= 0.3 is 0 Å². The van der Waals surface area contributed by atoms with E-state index < -0.39 is 28.5 Å². The lowest BCUT2D eigenvalue weighted by atomic mass is 10.1. The number of carbonyl (C=O) groups excluding carboxylic acids is 2. The fourth-order valence-corrected chi connectivity index (χ4v) is 5.89. The third-order valence-corrected chi connectivity index (χ3v) is 9.10. The van der Waals surface area contributed by atoms with E-state index in [0.29, 0.717) is 12.2 Å². The quantitative estimate of drug-likeness (QED) is 0.306. The number of aryl methyl sites for hydroxylation is 2. The Hall–Kier alpha value is -3.30. The summed E-state index contributed by atoms with van der Waals surface area (Å²) in [5.41, 5.74) is 3.21. The topological polar surface area (TPSA) is 86.8 Å². The number of nitrogens with one attached hydrogen (secondary N) is 1. The molecule has 0 aliphatic rings. The molecule has 3 rings (SSSR count). The molecule has 0 saturated heterocycles. The van der Waals surface area contributed by atoms with Crippen LogP contribution in [0.2, 0.25) is 0 Å². The summed E-state index contributed by atoms with van der Waals surface area (Å²) in [6, 6.07) is 20.5. The highest BCUT2D eigenvalue weighted by molar-refractivity contribution is 7.98. The van der Waals surface area contributed by atoms with Crippen LogP contribution in [-0.2, 0) is 26.2 Å². The first kappa shape index (κ1) is 30.2. The van der Waals surface area contributed by atoms with Crippen LogP contribution in [0, 0.1) is 13.8 Å². The lowest BCUT2D eigenvalue weighted by Crippen LogP contribution is -2.51. The zero-order chi connectivity index (χ0) is 28.6. The summed E-state index contributed by atoms with van der Waals surface area (Å²) < 4.78 is 28.9. The molecule has 3 aromatic rings. The van der Waals surface area contributed by atoms with Crippen LogP contribution in [0.3, 0.4) is 0 Å². The van der Waals surface area contributed by atoms with Crippen LogP contribution < -0.4 is 9.62 Å². The molecule has 0 spiro atoms. The summed E-state index contributed by atoms with van der Waals surface area (Å²) in [7, 11) is -4.09. The van der Waals surface area contributed by atoms with Crippen molar-refractivity contribution in [3.05, 3.63) is 89.5 Å². The van der Waals surface area contributed by atoms with E-state index in [9.17, 15) is 18.0 Å². The van der Waals surface area contributed by atoms with Crippen molar-refractivity contribution in [3.63, 3.8) is 0 Å². The standard InChI is InChI=1S/C30H37N3O4S2/c1-6-19-31-30(35)24(4)32(20-25-10-8-7-9-23(25)3)29(34)21-33(26-13-11-22(2)12-14-26)39(36,37)28-17-15-27(38-5)16-18-28/h7-18,24H,6,19-21H2,1-5H3,(H,31,35)/t24-/m0/s1. The molecule has 0 aliphatic carbocycles. The zero-order valence-corrected chi connectivity index (χ0v) is 24.8. The number of thioether (sulfide) groups is 1. The third kappa shape index (κ3) is 7.64. The van der Waals surface area contributed by atoms with Crippen LogP contribution in [0.1, 0.15) is 37.0 Å². The lowest BCUT2D eigenvalue weighted by Gasteiger charge is -2.32. The number of benzene rings is 3. The van der Waals surface area contributed by atoms with Crippen molar-refractivity contribution in [1.82, 2.24) is 10.2 Å². The second-order valence-electron chi connectivity index (χ2n) is 9.44. The van der Waals surface area contributed by atoms with Crippen molar-refractivity contribution in [2.24, 2.45) is 0 Å². The van der Waals surface area contributed by atoms with Crippen molar-refractivity contribution < 1.29 is 18.0 Å². The molecule has 3 aromatic carbocycles. The monoisotopic (exact) mass is 567 g/mol. The molecular formula is C30H37N3O4S2. The lowest BCUT2D eigenvalue weighted by molar-refractivity contribution is -0.139. The van der Waals surface area contributed by atoms with Gasteiger partial charge in [0.05, 0.1) is 10.6 Å². The maximum atomic E-state index is 13.9. The summed E-state index contributed by atoms with van der Waals surface area (Å²) in [6.45, 7) is 7.70. The SMILES string of the molecule is CCCNC(=O)[C@H](C)N(Cc1ccccc1C)C(=O)CN(c1ccc(C)cc1)S(=O)(=O)c1ccc(SC)cc1. The molecule has 2 amide bonds. The molecule has 1 N–H and O–H groups in total. The van der Waals surface area contributed by atoms with Crippen LogP contribution in [0.25, 0.3) is 0 Å². The van der Waals surface area contributed by atoms with Gasteiger partial charge in [-0.25, -0.2) is 8.42 Å². The first-order valence-electron chi connectivity index (χ1n) is 12.9. The summed E-state index contributed by atoms with van der Waals surface area (Å²) in [5.74, 6) is -0.751. The number of hydrogen-bond acceptors (Lipinski definition) is 5. The molecule has 1 atom stereocenters. The van der Waals surface area contributed by atoms with E-state index >= 15 is 0 Å². The van der Waals surface area contributed by atoms with Gasteiger partial charge in [0.1, 0.15) is 12.6 Å². The minimum atomic E-state index is -4.09. The highest BCUT2D eigenvalue weighted by atomic mass is 32.2. The number of hydrogen-bond donors (Lipinski definition) is 1. The van der Waals surface area contributed by atoms with Crippen LogP contribution in [0.15, 0.2) is 82.6 Å². The highest BCUT2D eigenvalue weighted by Gasteiger charge is 2.32. The Morgan fingerprint density at radius 3 is 2.18 bits per heavy atom. The molecule has 0 aliphatic heterocycles. The molecule has 0 heterocycles. The normalized spacial score (nSPS) is 12.0. The van der Waals surface area contributed by atoms with E-state index in [4.69, 9.17) is 0 Å². The Bertz CT molecular complexity index is 1370. The van der Waals surface area contributed by atoms with E-state index in [2.05, 4.69) is 5.32 Å². The summed E-state index contributed by atoms with van der Waals surface area (Å²) >= 11 is 1.52. The molecule has 0 aromatic heterocycles. The van der Waals surface area contributed by atoms with Crippen LogP contribution >= 0.6 is 11.8 Å². The number of rotatable bonds is 12. The molecule has 39 heavy (non-hydrogen) atoms. The molecule has 9 heteroatoms. The van der Waals surface area contributed by atoms with Gasteiger partial charge in [-0.05, 0) is 81.0 Å². The van der Waals surface area contributed by atoms with Crippen LogP contribution in [0.5, 0.6) is 0 Å². The Kier molecular flexibility index (Phi) is 10.6. The summed E-state index contributed by atoms with van der Waals surface area (Å²) in [6.07, 6.45) is 2.68. The minimum absolute atomic E-state index is 0.0906. The maximum Gasteiger partial charge on any atom is 0.264 e. The largest absolute Gasteiger partial charge is 0.354 e. The minimum Gasteiger partial charge on any atom is -0.354 e. The first-order valence-corrected chi connectivity index (χ1v) is 15.6. The molecule has 0 unspecified atom stereocenters. The second-order valence-corrected chi connectivity index (χ2v) is 12.2. The van der Waals surface area contributed by atoms with Gasteiger partial charge in [-0.1, -0.05) is 48.9 Å². The first-order chi connectivity index (χ1) is 18.6. The van der Waals surface area contributed by atoms with Crippen molar-refractivity contribution in [3.8, 4) is 0 Å². The average Bonchev–Trinajstić information content (AvgIpc) is 2.94. The fourth-order valence-electron chi connectivity index (χ4n) is 4.06. The van der Waals surface area contributed by atoms with Crippen molar-refractivity contribution in [1.29, 1.82) is 0 Å². The predicted molar refractivity (Wildman–Crippen MR) is 158 cm³/mol. The van der Waals surface area contributed by atoms with Crippen LogP contribution in [-0.4, -0.2) is 50.5 Å². The number of sulfonamides is 1. The molecule has 208 valence electrons. The van der Waals surface area contributed by atoms with E-state index in [1.807, 2.05) is 63.4 Å². The van der Waals surface area contributed by atoms with Gasteiger partial charge in [-0.3, -0.25) is 13.9 Å². The van der Waals surface area contributed by atoms with Gasteiger partial charge in [0.15, 0.2) is 0 Å². The molecule has 0 bridgehead atoms. The van der Waals surface area contributed by atoms with Gasteiger partial charge < -0.3 is 10.2 Å². The molecule has 7 nitrogen and oxygen atoms in total. The summed E-state index contributed by atoms with van der Waals surface area (Å²) in [4.78, 5) is 29.4. The van der Waals surface area contributed by atoms with Crippen molar-refractivity contribution in [2.45, 2.75) is 56.5 Å². The van der Waals surface area contributed by atoms with E-state index in [0.717, 1.165) is 32.3 Å². The number of carbonyl (C=O) groups is 2. The summed E-state index contributed by atoms with van der Waals surface area (Å²) in [5, 5.41) is 2.86. The second kappa shape index (κ2) is 13.7. The number of amides is 2. The van der Waals surface area contributed by atoms with E-state index in [1.165, 1.54) is 16.7 Å². The number of anilines is 1. The maximum absolute atomic E-state index is 13.9. The number of nitrogens with zero attached hydrogens (tertiary/aromatic N) is 2. The Morgan fingerprint density at radius 1 is 0.949 bits per heavy atom. The van der Waals surface area contributed by atoms with Gasteiger partial charge in [0.2, 0.25) is 11.8 Å². The van der Waals surface area contributed by atoms with Crippen molar-refractivity contribution >= 4 is 39.3 Å². The molecular weight excluding hydrogens is 530 g/mol. The van der Waals surface area contributed by atoms with Gasteiger partial charge in [0, 0.05) is 18.0 Å².